The van der Waals surface area contributed by atoms with Crippen LogP contribution >= 0.6 is 35.7 Å². The van der Waals surface area contributed by atoms with Crippen LogP contribution in [0.2, 0.25) is 0 Å². The van der Waals surface area contributed by atoms with Gasteiger partial charge >= 0.3 is 0 Å². The third-order valence-corrected chi connectivity index (χ3v) is 6.74. The maximum atomic E-state index is 5.01. The third-order valence-electron chi connectivity index (χ3n) is 5.20. The lowest BCUT2D eigenvalue weighted by Crippen LogP contribution is -2.49. The topological polar surface area (TPSA) is 58.3 Å². The molecule has 8 heteroatoms. The van der Waals surface area contributed by atoms with Crippen LogP contribution in [0.3, 0.4) is 0 Å². The van der Waals surface area contributed by atoms with E-state index in [1.54, 1.807) is 0 Å². The molecule has 1 aromatic rings. The van der Waals surface area contributed by atoms with Crippen molar-refractivity contribution in [3.8, 4) is 0 Å². The molecule has 6 nitrogen and oxygen atoms in total. The summed E-state index contributed by atoms with van der Waals surface area (Å²) in [5.41, 5.74) is 0. The Bertz CT molecular complexity index is 603. The van der Waals surface area contributed by atoms with Crippen molar-refractivity contribution < 1.29 is 0 Å². The van der Waals surface area contributed by atoms with Gasteiger partial charge in [0, 0.05) is 50.1 Å². The highest BCUT2D eigenvalue weighted by Crippen LogP contribution is 2.25. The molecule has 1 fully saturated rings. The molecule has 0 aromatic carbocycles. The summed E-state index contributed by atoms with van der Waals surface area (Å²) in [4.78, 5) is 7.47. The summed E-state index contributed by atoms with van der Waals surface area (Å²) in [7, 11) is 0. The van der Waals surface area contributed by atoms with Gasteiger partial charge in [-0.1, -0.05) is 13.8 Å². The molecule has 3 rings (SSSR count). The van der Waals surface area contributed by atoms with Gasteiger partial charge < -0.3 is 14.8 Å². The zero-order chi connectivity index (χ0) is 17.8. The first-order valence-corrected chi connectivity index (χ1v) is 10.7. The van der Waals surface area contributed by atoms with Crippen LogP contribution in [0.5, 0.6) is 0 Å². The SMILES string of the molecule is CCNC(=NCC1CCc2nnc(C)n2C1)N1CCSC(C(C)C)C1.I. The van der Waals surface area contributed by atoms with Gasteiger partial charge in [-0.2, -0.15) is 11.8 Å². The van der Waals surface area contributed by atoms with Crippen LogP contribution < -0.4 is 5.32 Å². The molecule has 0 aliphatic carbocycles. The highest BCUT2D eigenvalue weighted by molar-refractivity contribution is 14.0. The van der Waals surface area contributed by atoms with E-state index < -0.39 is 0 Å². The summed E-state index contributed by atoms with van der Waals surface area (Å²) in [6, 6.07) is 0. The van der Waals surface area contributed by atoms with Crippen molar-refractivity contribution in [1.82, 2.24) is 25.0 Å². The second-order valence-corrected chi connectivity index (χ2v) is 8.82. The number of nitrogens with zero attached hydrogens (tertiary/aromatic N) is 5. The number of fused-ring (bicyclic) bond motifs is 1. The summed E-state index contributed by atoms with van der Waals surface area (Å²) in [6.07, 6.45) is 2.18. The molecule has 0 spiro atoms. The van der Waals surface area contributed by atoms with Crippen molar-refractivity contribution in [3.63, 3.8) is 0 Å². The van der Waals surface area contributed by atoms with Crippen LogP contribution in [0, 0.1) is 18.8 Å². The summed E-state index contributed by atoms with van der Waals surface area (Å²) in [6.45, 7) is 13.9. The van der Waals surface area contributed by atoms with Gasteiger partial charge in [-0.25, -0.2) is 0 Å². The van der Waals surface area contributed by atoms with Crippen LogP contribution in [0.1, 0.15) is 38.8 Å². The molecule has 2 aliphatic rings. The standard InChI is InChI=1S/C18H32N6S.HI/c1-5-19-18(23-8-9-25-16(12-23)13(2)3)20-10-15-6-7-17-22-21-14(4)24(17)11-15;/h13,15-16H,5-12H2,1-4H3,(H,19,20);1H. The molecule has 0 radical (unpaired) electrons. The molecular weight excluding hydrogens is 459 g/mol. The van der Waals surface area contributed by atoms with Crippen molar-refractivity contribution in [3.05, 3.63) is 11.6 Å². The quantitative estimate of drug-likeness (QED) is 0.398. The van der Waals surface area contributed by atoms with Crippen molar-refractivity contribution in [2.24, 2.45) is 16.8 Å². The molecule has 26 heavy (non-hydrogen) atoms. The van der Waals surface area contributed by atoms with Crippen molar-refractivity contribution >= 4 is 41.7 Å². The molecule has 2 unspecified atom stereocenters. The summed E-state index contributed by atoms with van der Waals surface area (Å²) in [5.74, 6) is 5.75. The minimum Gasteiger partial charge on any atom is -0.357 e. The molecule has 2 aliphatic heterocycles. The Morgan fingerprint density at radius 2 is 2.15 bits per heavy atom. The maximum Gasteiger partial charge on any atom is 0.193 e. The Morgan fingerprint density at radius 1 is 1.35 bits per heavy atom. The van der Waals surface area contributed by atoms with Gasteiger partial charge in [0.15, 0.2) is 5.96 Å². The Morgan fingerprint density at radius 3 is 2.88 bits per heavy atom. The molecule has 3 heterocycles. The lowest BCUT2D eigenvalue weighted by Gasteiger charge is -2.36. The highest BCUT2D eigenvalue weighted by Gasteiger charge is 2.26. The van der Waals surface area contributed by atoms with E-state index in [4.69, 9.17) is 4.99 Å². The number of guanidine groups is 1. The second kappa shape index (κ2) is 10.1. The first-order valence-electron chi connectivity index (χ1n) is 9.62. The monoisotopic (exact) mass is 492 g/mol. The Kier molecular flexibility index (Phi) is 8.50. The first kappa shape index (κ1) is 21.8. The van der Waals surface area contributed by atoms with Gasteiger partial charge in [0.05, 0.1) is 0 Å². The second-order valence-electron chi connectivity index (χ2n) is 7.47. The van der Waals surface area contributed by atoms with Gasteiger partial charge in [-0.15, -0.1) is 34.2 Å². The number of nitrogens with one attached hydrogen (secondary N) is 1. The minimum atomic E-state index is 0. The smallest absolute Gasteiger partial charge is 0.193 e. The van der Waals surface area contributed by atoms with E-state index >= 15 is 0 Å². The molecule has 0 saturated carbocycles. The molecule has 2 atom stereocenters. The Hall–Kier alpha value is -0.510. The van der Waals surface area contributed by atoms with Gasteiger partial charge in [-0.05, 0) is 32.1 Å². The van der Waals surface area contributed by atoms with Crippen molar-refractivity contribution in [2.45, 2.75) is 52.3 Å². The van der Waals surface area contributed by atoms with Crippen LogP contribution in [0.4, 0.5) is 0 Å². The number of thioether (sulfide) groups is 1. The fourth-order valence-corrected chi connectivity index (χ4v) is 4.89. The molecule has 0 amide bonds. The summed E-state index contributed by atoms with van der Waals surface area (Å²) < 4.78 is 2.27. The maximum absolute atomic E-state index is 5.01. The fraction of sp³-hybridized carbons (Fsp3) is 0.833. The number of aryl methyl sites for hydroxylation is 2. The average Bonchev–Trinajstić information content (AvgIpc) is 2.99. The third kappa shape index (κ3) is 5.27. The van der Waals surface area contributed by atoms with E-state index in [9.17, 15) is 0 Å². The number of hydrogen-bond donors (Lipinski definition) is 1. The zero-order valence-electron chi connectivity index (χ0n) is 16.4. The predicted molar refractivity (Wildman–Crippen MR) is 121 cm³/mol. The highest BCUT2D eigenvalue weighted by atomic mass is 127. The van der Waals surface area contributed by atoms with Gasteiger partial charge in [0.25, 0.3) is 0 Å². The minimum absolute atomic E-state index is 0. The van der Waals surface area contributed by atoms with Gasteiger partial charge in [0.2, 0.25) is 0 Å². The van der Waals surface area contributed by atoms with E-state index in [0.29, 0.717) is 17.1 Å². The van der Waals surface area contributed by atoms with Crippen LogP contribution in [0.25, 0.3) is 0 Å². The van der Waals surface area contributed by atoms with Crippen LogP contribution in [0.15, 0.2) is 4.99 Å². The molecule has 148 valence electrons. The molecular formula is C18H33IN6S. The molecule has 1 N–H and O–H groups in total. The number of rotatable bonds is 4. The molecule has 1 aromatic heterocycles. The largest absolute Gasteiger partial charge is 0.357 e. The van der Waals surface area contributed by atoms with Crippen LogP contribution in [-0.4, -0.2) is 62.8 Å². The number of halogens is 1. The van der Waals surface area contributed by atoms with Crippen LogP contribution in [-0.2, 0) is 13.0 Å². The summed E-state index contributed by atoms with van der Waals surface area (Å²) >= 11 is 2.11. The number of aliphatic imine (C=N–C) groups is 1. The zero-order valence-corrected chi connectivity index (χ0v) is 19.6. The van der Waals surface area contributed by atoms with E-state index in [1.807, 2.05) is 6.92 Å². The Balaban J connectivity index is 0.00000243. The lowest BCUT2D eigenvalue weighted by molar-refractivity contribution is 0.358. The summed E-state index contributed by atoms with van der Waals surface area (Å²) in [5, 5.41) is 12.7. The van der Waals surface area contributed by atoms with Gasteiger partial charge in [0.1, 0.15) is 11.6 Å². The van der Waals surface area contributed by atoms with E-state index in [-0.39, 0.29) is 24.0 Å². The van der Waals surface area contributed by atoms with E-state index in [2.05, 4.69) is 57.5 Å². The predicted octanol–water partition coefficient (Wildman–Crippen LogP) is 2.81. The molecule has 1 saturated heterocycles. The number of aromatic nitrogens is 3. The average molecular weight is 492 g/mol. The van der Waals surface area contributed by atoms with E-state index in [1.165, 1.54) is 5.75 Å². The van der Waals surface area contributed by atoms with Gasteiger partial charge in [-0.3, -0.25) is 4.99 Å². The lowest BCUT2D eigenvalue weighted by atomic mass is 9.99. The van der Waals surface area contributed by atoms with E-state index in [0.717, 1.165) is 63.2 Å². The Labute approximate surface area is 179 Å². The van der Waals surface area contributed by atoms with Crippen molar-refractivity contribution in [2.75, 3.05) is 31.9 Å². The fourth-order valence-electron chi connectivity index (χ4n) is 3.59. The number of hydrogen-bond acceptors (Lipinski definition) is 4. The van der Waals surface area contributed by atoms with Crippen molar-refractivity contribution in [1.29, 1.82) is 0 Å². The molecule has 0 bridgehead atoms. The normalized spacial score (nSPS) is 23.6. The first-order chi connectivity index (χ1) is 12.1.